The molecular weight excluding hydrogens is 288 g/mol. The van der Waals surface area contributed by atoms with Crippen LogP contribution in [-0.4, -0.2) is 35.2 Å². The number of carbonyl (C=O) groups is 1. The number of amides is 2. The standard InChI is InChI=1S/C19H22N2O2/c22-14-18-11-4-5-12-21(18)19(23)20-17-10-6-9-16(13-17)15-7-2-1-3-8-15/h1-3,6-10,13,18,22H,4-5,11-12,14H2,(H,20,23)/t18-/m1/s1. The predicted octanol–water partition coefficient (Wildman–Crippen LogP) is 3.73. The number of aliphatic hydroxyl groups is 1. The number of benzene rings is 2. The SMILES string of the molecule is O=C(Nc1cccc(-c2ccccc2)c1)N1CCCC[C@@H]1CO. The highest BCUT2D eigenvalue weighted by atomic mass is 16.3. The number of piperidine rings is 1. The predicted molar refractivity (Wildman–Crippen MR) is 92.3 cm³/mol. The first kappa shape index (κ1) is 15.6. The molecule has 23 heavy (non-hydrogen) atoms. The van der Waals surface area contributed by atoms with E-state index in [0.717, 1.165) is 36.1 Å². The Hall–Kier alpha value is -2.33. The number of nitrogens with zero attached hydrogens (tertiary/aromatic N) is 1. The van der Waals surface area contributed by atoms with Crippen LogP contribution in [0.15, 0.2) is 54.6 Å². The Kier molecular flexibility index (Phi) is 4.93. The molecule has 4 nitrogen and oxygen atoms in total. The second kappa shape index (κ2) is 7.29. The molecule has 1 aliphatic heterocycles. The number of rotatable bonds is 3. The van der Waals surface area contributed by atoms with Crippen molar-refractivity contribution < 1.29 is 9.90 Å². The van der Waals surface area contributed by atoms with E-state index < -0.39 is 0 Å². The Bertz CT molecular complexity index is 657. The number of urea groups is 1. The highest BCUT2D eigenvalue weighted by Gasteiger charge is 2.26. The van der Waals surface area contributed by atoms with E-state index in [1.54, 1.807) is 4.90 Å². The minimum absolute atomic E-state index is 0.0253. The molecule has 1 heterocycles. The Balaban J connectivity index is 1.74. The number of anilines is 1. The van der Waals surface area contributed by atoms with Gasteiger partial charge in [0.05, 0.1) is 12.6 Å². The van der Waals surface area contributed by atoms with Crippen LogP contribution >= 0.6 is 0 Å². The summed E-state index contributed by atoms with van der Waals surface area (Å²) < 4.78 is 0. The van der Waals surface area contributed by atoms with E-state index in [1.165, 1.54) is 0 Å². The molecule has 0 unspecified atom stereocenters. The van der Waals surface area contributed by atoms with Gasteiger partial charge in [-0.3, -0.25) is 0 Å². The van der Waals surface area contributed by atoms with E-state index in [0.29, 0.717) is 6.54 Å². The van der Waals surface area contributed by atoms with Crippen LogP contribution in [-0.2, 0) is 0 Å². The first-order valence-corrected chi connectivity index (χ1v) is 8.12. The summed E-state index contributed by atoms with van der Waals surface area (Å²) in [5.74, 6) is 0. The van der Waals surface area contributed by atoms with E-state index in [-0.39, 0.29) is 18.7 Å². The second-order valence-electron chi connectivity index (χ2n) is 5.90. The molecule has 1 aliphatic rings. The zero-order chi connectivity index (χ0) is 16.1. The van der Waals surface area contributed by atoms with Crippen LogP contribution in [0.4, 0.5) is 10.5 Å². The van der Waals surface area contributed by atoms with Gasteiger partial charge in [0, 0.05) is 12.2 Å². The van der Waals surface area contributed by atoms with Crippen LogP contribution in [0.2, 0.25) is 0 Å². The molecule has 0 radical (unpaired) electrons. The molecule has 2 amide bonds. The lowest BCUT2D eigenvalue weighted by Crippen LogP contribution is -2.47. The average Bonchev–Trinajstić information content (AvgIpc) is 2.62. The molecular formula is C19H22N2O2. The summed E-state index contributed by atoms with van der Waals surface area (Å²) in [5.41, 5.74) is 2.97. The Morgan fingerprint density at radius 2 is 1.87 bits per heavy atom. The van der Waals surface area contributed by atoms with Crippen molar-refractivity contribution in [3.05, 3.63) is 54.6 Å². The van der Waals surface area contributed by atoms with Gasteiger partial charge in [-0.2, -0.15) is 0 Å². The molecule has 1 atom stereocenters. The smallest absolute Gasteiger partial charge is 0.322 e. The largest absolute Gasteiger partial charge is 0.394 e. The molecule has 1 saturated heterocycles. The average molecular weight is 310 g/mol. The number of hydrogen-bond acceptors (Lipinski definition) is 2. The number of aliphatic hydroxyl groups excluding tert-OH is 1. The normalized spacial score (nSPS) is 17.8. The molecule has 1 fully saturated rings. The topological polar surface area (TPSA) is 52.6 Å². The summed E-state index contributed by atoms with van der Waals surface area (Å²) >= 11 is 0. The van der Waals surface area contributed by atoms with Crippen LogP contribution in [0.5, 0.6) is 0 Å². The van der Waals surface area contributed by atoms with Crippen molar-refractivity contribution in [2.45, 2.75) is 25.3 Å². The lowest BCUT2D eigenvalue weighted by atomic mass is 10.0. The summed E-state index contributed by atoms with van der Waals surface area (Å²) in [5, 5.41) is 12.4. The monoisotopic (exact) mass is 310 g/mol. The van der Waals surface area contributed by atoms with Crippen LogP contribution in [0.3, 0.4) is 0 Å². The third-order valence-electron chi connectivity index (χ3n) is 4.32. The molecule has 0 saturated carbocycles. The first-order chi connectivity index (χ1) is 11.3. The summed E-state index contributed by atoms with van der Waals surface area (Å²) in [6.45, 7) is 0.729. The van der Waals surface area contributed by atoms with Crippen LogP contribution in [0.25, 0.3) is 11.1 Å². The van der Waals surface area contributed by atoms with Gasteiger partial charge in [-0.1, -0.05) is 42.5 Å². The zero-order valence-corrected chi connectivity index (χ0v) is 13.1. The Labute approximate surface area is 136 Å². The van der Waals surface area contributed by atoms with Gasteiger partial charge in [0.15, 0.2) is 0 Å². The maximum absolute atomic E-state index is 12.5. The minimum atomic E-state index is -0.131. The van der Waals surface area contributed by atoms with Crippen LogP contribution < -0.4 is 5.32 Å². The first-order valence-electron chi connectivity index (χ1n) is 8.12. The molecule has 2 aromatic carbocycles. The van der Waals surface area contributed by atoms with Crippen molar-refractivity contribution in [1.29, 1.82) is 0 Å². The molecule has 0 spiro atoms. The fourth-order valence-corrected chi connectivity index (χ4v) is 3.06. The lowest BCUT2D eigenvalue weighted by molar-refractivity contribution is 0.115. The van der Waals surface area contributed by atoms with E-state index in [1.807, 2.05) is 54.6 Å². The van der Waals surface area contributed by atoms with Crippen molar-refractivity contribution in [3.8, 4) is 11.1 Å². The van der Waals surface area contributed by atoms with Gasteiger partial charge < -0.3 is 15.3 Å². The van der Waals surface area contributed by atoms with Gasteiger partial charge in [0.1, 0.15) is 0 Å². The summed E-state index contributed by atoms with van der Waals surface area (Å²) in [6.07, 6.45) is 2.93. The molecule has 0 aromatic heterocycles. The third kappa shape index (κ3) is 3.71. The Morgan fingerprint density at radius 3 is 2.65 bits per heavy atom. The quantitative estimate of drug-likeness (QED) is 0.907. The van der Waals surface area contributed by atoms with Gasteiger partial charge >= 0.3 is 6.03 Å². The highest BCUT2D eigenvalue weighted by molar-refractivity contribution is 5.90. The van der Waals surface area contributed by atoms with Crippen molar-refractivity contribution in [1.82, 2.24) is 4.90 Å². The van der Waals surface area contributed by atoms with E-state index in [2.05, 4.69) is 5.32 Å². The van der Waals surface area contributed by atoms with Gasteiger partial charge in [0.2, 0.25) is 0 Å². The van der Waals surface area contributed by atoms with Gasteiger partial charge in [-0.25, -0.2) is 4.79 Å². The lowest BCUT2D eigenvalue weighted by Gasteiger charge is -2.34. The number of nitrogens with one attached hydrogen (secondary N) is 1. The molecule has 4 heteroatoms. The maximum Gasteiger partial charge on any atom is 0.322 e. The molecule has 0 aliphatic carbocycles. The highest BCUT2D eigenvalue weighted by Crippen LogP contribution is 2.23. The second-order valence-corrected chi connectivity index (χ2v) is 5.90. The van der Waals surface area contributed by atoms with Crippen molar-refractivity contribution in [2.24, 2.45) is 0 Å². The number of carbonyl (C=O) groups excluding carboxylic acids is 1. The van der Waals surface area contributed by atoms with E-state index in [9.17, 15) is 9.90 Å². The fourth-order valence-electron chi connectivity index (χ4n) is 3.06. The third-order valence-corrected chi connectivity index (χ3v) is 4.32. The van der Waals surface area contributed by atoms with Gasteiger partial charge in [0.25, 0.3) is 0 Å². The molecule has 3 rings (SSSR count). The zero-order valence-electron chi connectivity index (χ0n) is 13.1. The van der Waals surface area contributed by atoms with Gasteiger partial charge in [-0.05, 0) is 42.5 Å². The minimum Gasteiger partial charge on any atom is -0.394 e. The van der Waals surface area contributed by atoms with Crippen LogP contribution in [0.1, 0.15) is 19.3 Å². The number of likely N-dealkylation sites (tertiary alicyclic amines) is 1. The van der Waals surface area contributed by atoms with Crippen molar-refractivity contribution in [3.63, 3.8) is 0 Å². The van der Waals surface area contributed by atoms with Crippen LogP contribution in [0, 0.1) is 0 Å². The molecule has 120 valence electrons. The van der Waals surface area contributed by atoms with E-state index in [4.69, 9.17) is 0 Å². The summed E-state index contributed by atoms with van der Waals surface area (Å²) in [6, 6.07) is 17.7. The summed E-state index contributed by atoms with van der Waals surface area (Å²) in [4.78, 5) is 14.2. The van der Waals surface area contributed by atoms with E-state index >= 15 is 0 Å². The number of hydrogen-bond donors (Lipinski definition) is 2. The fraction of sp³-hybridized carbons (Fsp3) is 0.316. The molecule has 0 bridgehead atoms. The molecule has 2 aromatic rings. The van der Waals surface area contributed by atoms with Crippen molar-refractivity contribution in [2.75, 3.05) is 18.5 Å². The Morgan fingerprint density at radius 1 is 1.09 bits per heavy atom. The maximum atomic E-state index is 12.5. The van der Waals surface area contributed by atoms with Crippen molar-refractivity contribution >= 4 is 11.7 Å². The molecule has 2 N–H and O–H groups in total. The van der Waals surface area contributed by atoms with Gasteiger partial charge in [-0.15, -0.1) is 0 Å². The summed E-state index contributed by atoms with van der Waals surface area (Å²) in [7, 11) is 0.